The SMILES string of the molecule is COc1cc(C(N)=S)ccc1OCc1cc(F)cc(F)c1. The summed E-state index contributed by atoms with van der Waals surface area (Å²) in [4.78, 5) is 0.243. The molecule has 0 bridgehead atoms. The molecule has 0 fully saturated rings. The Morgan fingerprint density at radius 1 is 1.10 bits per heavy atom. The zero-order valence-electron chi connectivity index (χ0n) is 11.2. The second-order valence-corrected chi connectivity index (χ2v) is 4.74. The van der Waals surface area contributed by atoms with Crippen LogP contribution in [-0.4, -0.2) is 12.1 Å². The number of thiocarbonyl (C=S) groups is 1. The molecule has 0 radical (unpaired) electrons. The predicted molar refractivity (Wildman–Crippen MR) is 79.6 cm³/mol. The van der Waals surface area contributed by atoms with Crippen molar-refractivity contribution in [2.24, 2.45) is 5.73 Å². The molecule has 0 spiro atoms. The molecular weight excluding hydrogens is 296 g/mol. The molecule has 0 aromatic heterocycles. The smallest absolute Gasteiger partial charge is 0.161 e. The third kappa shape index (κ3) is 3.88. The molecule has 3 nitrogen and oxygen atoms in total. The molecule has 6 heteroatoms. The fraction of sp³-hybridized carbons (Fsp3) is 0.133. The Morgan fingerprint density at radius 3 is 2.33 bits per heavy atom. The van der Waals surface area contributed by atoms with Crippen molar-refractivity contribution in [2.45, 2.75) is 6.61 Å². The first-order valence-electron chi connectivity index (χ1n) is 6.05. The van der Waals surface area contributed by atoms with Gasteiger partial charge in [-0.05, 0) is 35.9 Å². The highest BCUT2D eigenvalue weighted by Gasteiger charge is 2.08. The van der Waals surface area contributed by atoms with Crippen LogP contribution in [-0.2, 0) is 6.61 Å². The number of ether oxygens (including phenoxy) is 2. The summed E-state index contributed by atoms with van der Waals surface area (Å²) in [5.41, 5.74) is 6.56. The molecule has 2 aromatic carbocycles. The maximum atomic E-state index is 13.1. The predicted octanol–water partition coefficient (Wildman–Crippen LogP) is 3.19. The van der Waals surface area contributed by atoms with E-state index in [1.165, 1.54) is 19.2 Å². The van der Waals surface area contributed by atoms with Crippen LogP contribution in [0.2, 0.25) is 0 Å². The van der Waals surface area contributed by atoms with Crippen LogP contribution in [0.15, 0.2) is 36.4 Å². The number of hydrogen-bond acceptors (Lipinski definition) is 3. The minimum absolute atomic E-state index is 0.0114. The van der Waals surface area contributed by atoms with Gasteiger partial charge in [0.1, 0.15) is 23.2 Å². The summed E-state index contributed by atoms with van der Waals surface area (Å²) in [6.45, 7) is 0.0114. The summed E-state index contributed by atoms with van der Waals surface area (Å²) in [7, 11) is 1.48. The zero-order chi connectivity index (χ0) is 15.4. The Bertz CT molecular complexity index is 656. The van der Waals surface area contributed by atoms with Gasteiger partial charge in [0.05, 0.1) is 7.11 Å². The molecule has 0 saturated carbocycles. The Labute approximate surface area is 126 Å². The average molecular weight is 309 g/mol. The Hall–Kier alpha value is -2.21. The number of benzene rings is 2. The summed E-state index contributed by atoms with van der Waals surface area (Å²) >= 11 is 4.88. The number of nitrogens with two attached hydrogens (primary N) is 1. The first-order chi connectivity index (χ1) is 9.99. The average Bonchev–Trinajstić information content (AvgIpc) is 2.43. The highest BCUT2D eigenvalue weighted by molar-refractivity contribution is 7.80. The third-order valence-corrected chi connectivity index (χ3v) is 3.00. The van der Waals surface area contributed by atoms with Crippen LogP contribution in [0.3, 0.4) is 0 Å². The Balaban J connectivity index is 2.17. The quantitative estimate of drug-likeness (QED) is 0.862. The molecule has 2 rings (SSSR count). The summed E-state index contributed by atoms with van der Waals surface area (Å²) < 4.78 is 36.9. The van der Waals surface area contributed by atoms with Gasteiger partial charge in [0.25, 0.3) is 0 Å². The summed E-state index contributed by atoms with van der Waals surface area (Å²) in [5.74, 6) is -0.423. The lowest BCUT2D eigenvalue weighted by Gasteiger charge is -2.12. The van der Waals surface area contributed by atoms with Gasteiger partial charge in [-0.3, -0.25) is 0 Å². The second kappa shape index (κ2) is 6.49. The molecule has 0 unspecified atom stereocenters. The van der Waals surface area contributed by atoms with Crippen molar-refractivity contribution >= 4 is 17.2 Å². The van der Waals surface area contributed by atoms with Gasteiger partial charge in [-0.15, -0.1) is 0 Å². The molecule has 0 amide bonds. The zero-order valence-corrected chi connectivity index (χ0v) is 12.0. The van der Waals surface area contributed by atoms with Crippen LogP contribution in [0, 0.1) is 11.6 Å². The number of halogens is 2. The molecule has 0 saturated heterocycles. The van der Waals surface area contributed by atoms with E-state index in [2.05, 4.69) is 0 Å². The van der Waals surface area contributed by atoms with Gasteiger partial charge in [0, 0.05) is 11.6 Å². The van der Waals surface area contributed by atoms with Gasteiger partial charge in [-0.2, -0.15) is 0 Å². The number of methoxy groups -OCH3 is 1. The van der Waals surface area contributed by atoms with E-state index in [1.54, 1.807) is 18.2 Å². The lowest BCUT2D eigenvalue weighted by molar-refractivity contribution is 0.283. The third-order valence-electron chi connectivity index (χ3n) is 2.76. The van der Waals surface area contributed by atoms with Gasteiger partial charge in [-0.1, -0.05) is 12.2 Å². The van der Waals surface area contributed by atoms with E-state index in [1.807, 2.05) is 0 Å². The molecule has 0 atom stereocenters. The minimum Gasteiger partial charge on any atom is -0.493 e. The van der Waals surface area contributed by atoms with Crippen molar-refractivity contribution < 1.29 is 18.3 Å². The minimum atomic E-state index is -0.649. The highest BCUT2D eigenvalue weighted by Crippen LogP contribution is 2.29. The van der Waals surface area contributed by atoms with Crippen LogP contribution >= 0.6 is 12.2 Å². The standard InChI is InChI=1S/C15H13F2NO2S/c1-19-14-6-10(15(18)21)2-3-13(14)20-8-9-4-11(16)7-12(17)5-9/h2-7H,8H2,1H3,(H2,18,21). The fourth-order valence-electron chi connectivity index (χ4n) is 1.80. The first kappa shape index (κ1) is 15.2. The highest BCUT2D eigenvalue weighted by atomic mass is 32.1. The Morgan fingerprint density at radius 2 is 1.76 bits per heavy atom. The molecule has 0 aliphatic carbocycles. The van der Waals surface area contributed by atoms with Gasteiger partial charge in [0.2, 0.25) is 0 Å². The molecule has 0 aliphatic rings. The maximum absolute atomic E-state index is 13.1. The number of hydrogen-bond donors (Lipinski definition) is 1. The van der Waals surface area contributed by atoms with Crippen molar-refractivity contribution in [1.29, 1.82) is 0 Å². The van der Waals surface area contributed by atoms with Crippen molar-refractivity contribution in [2.75, 3.05) is 7.11 Å². The monoisotopic (exact) mass is 309 g/mol. The normalized spacial score (nSPS) is 10.2. The first-order valence-corrected chi connectivity index (χ1v) is 6.46. The molecular formula is C15H13F2NO2S. The summed E-state index contributed by atoms with van der Waals surface area (Å²) in [6, 6.07) is 8.19. The van der Waals surface area contributed by atoms with Crippen LogP contribution in [0.25, 0.3) is 0 Å². The van der Waals surface area contributed by atoms with E-state index < -0.39 is 11.6 Å². The lowest BCUT2D eigenvalue weighted by Crippen LogP contribution is -2.09. The summed E-state index contributed by atoms with van der Waals surface area (Å²) in [6.07, 6.45) is 0. The van der Waals surface area contributed by atoms with E-state index in [-0.39, 0.29) is 11.6 Å². The van der Waals surface area contributed by atoms with E-state index >= 15 is 0 Å². The van der Waals surface area contributed by atoms with E-state index in [9.17, 15) is 8.78 Å². The van der Waals surface area contributed by atoms with Gasteiger partial charge >= 0.3 is 0 Å². The topological polar surface area (TPSA) is 44.5 Å². The molecule has 0 heterocycles. The molecule has 2 aromatic rings. The van der Waals surface area contributed by atoms with E-state index in [4.69, 9.17) is 27.4 Å². The van der Waals surface area contributed by atoms with Crippen LogP contribution in [0.4, 0.5) is 8.78 Å². The number of rotatable bonds is 5. The van der Waals surface area contributed by atoms with E-state index in [0.29, 0.717) is 22.6 Å². The summed E-state index contributed by atoms with van der Waals surface area (Å²) in [5, 5.41) is 0. The fourth-order valence-corrected chi connectivity index (χ4v) is 1.92. The van der Waals surface area contributed by atoms with Crippen molar-refractivity contribution in [1.82, 2.24) is 0 Å². The van der Waals surface area contributed by atoms with Crippen LogP contribution < -0.4 is 15.2 Å². The van der Waals surface area contributed by atoms with Gasteiger partial charge < -0.3 is 15.2 Å². The molecule has 2 N–H and O–H groups in total. The van der Waals surface area contributed by atoms with Crippen molar-refractivity contribution in [3.05, 3.63) is 59.2 Å². The lowest BCUT2D eigenvalue weighted by atomic mass is 10.2. The molecule has 110 valence electrons. The van der Waals surface area contributed by atoms with E-state index in [0.717, 1.165) is 6.07 Å². The van der Waals surface area contributed by atoms with Crippen LogP contribution in [0.1, 0.15) is 11.1 Å². The maximum Gasteiger partial charge on any atom is 0.161 e. The molecule has 0 aliphatic heterocycles. The Kier molecular flexibility index (Phi) is 4.70. The van der Waals surface area contributed by atoms with Crippen molar-refractivity contribution in [3.8, 4) is 11.5 Å². The van der Waals surface area contributed by atoms with Crippen molar-refractivity contribution in [3.63, 3.8) is 0 Å². The van der Waals surface area contributed by atoms with Gasteiger partial charge in [0.15, 0.2) is 11.5 Å². The van der Waals surface area contributed by atoms with Crippen LogP contribution in [0.5, 0.6) is 11.5 Å². The molecule has 21 heavy (non-hydrogen) atoms. The second-order valence-electron chi connectivity index (χ2n) is 4.30. The van der Waals surface area contributed by atoms with Gasteiger partial charge in [-0.25, -0.2) is 8.78 Å². The largest absolute Gasteiger partial charge is 0.493 e.